The number of thioether (sulfide) groups is 1. The third-order valence-electron chi connectivity index (χ3n) is 3.71. The number of H-pyrrole nitrogens is 1. The highest BCUT2D eigenvalue weighted by molar-refractivity contribution is 7.99. The van der Waals surface area contributed by atoms with Crippen LogP contribution in [0.25, 0.3) is 0 Å². The second kappa shape index (κ2) is 6.46. The Labute approximate surface area is 124 Å². The van der Waals surface area contributed by atoms with Crippen molar-refractivity contribution in [2.24, 2.45) is 0 Å². The molecule has 1 saturated carbocycles. The maximum Gasteiger partial charge on any atom is 0.260 e. The molecule has 6 nitrogen and oxygen atoms in total. The van der Waals surface area contributed by atoms with Gasteiger partial charge in [0.15, 0.2) is 5.03 Å². The van der Waals surface area contributed by atoms with Crippen molar-refractivity contribution in [3.63, 3.8) is 0 Å². The molecule has 1 aromatic heterocycles. The minimum Gasteiger partial charge on any atom is -0.316 e. The standard InChI is InChI=1S/C12H22N4O2S2/c1-8-9(7-13-2)12(15-14-8)20(17,18)16-10-5-4-6-11(10)19-3/h10-11,13,16H,4-7H2,1-3H3,(H,14,15). The summed E-state index contributed by atoms with van der Waals surface area (Å²) >= 11 is 1.73. The third kappa shape index (κ3) is 3.19. The monoisotopic (exact) mass is 318 g/mol. The number of nitrogens with zero attached hydrogens (tertiary/aromatic N) is 1. The fraction of sp³-hybridized carbons (Fsp3) is 0.750. The van der Waals surface area contributed by atoms with Gasteiger partial charge in [0.2, 0.25) is 0 Å². The van der Waals surface area contributed by atoms with Gasteiger partial charge in [-0.25, -0.2) is 13.1 Å². The van der Waals surface area contributed by atoms with E-state index in [2.05, 4.69) is 20.2 Å². The molecule has 8 heteroatoms. The molecule has 1 heterocycles. The van der Waals surface area contributed by atoms with E-state index in [9.17, 15) is 8.42 Å². The van der Waals surface area contributed by atoms with Crippen molar-refractivity contribution in [3.8, 4) is 0 Å². The van der Waals surface area contributed by atoms with Gasteiger partial charge in [0.1, 0.15) is 0 Å². The van der Waals surface area contributed by atoms with Gasteiger partial charge >= 0.3 is 0 Å². The highest BCUT2D eigenvalue weighted by atomic mass is 32.2. The van der Waals surface area contributed by atoms with Crippen LogP contribution in [-0.2, 0) is 16.6 Å². The van der Waals surface area contributed by atoms with Crippen LogP contribution in [0.15, 0.2) is 5.03 Å². The Morgan fingerprint density at radius 1 is 1.45 bits per heavy atom. The lowest BCUT2D eigenvalue weighted by atomic mass is 10.3. The van der Waals surface area contributed by atoms with Gasteiger partial charge in [0, 0.05) is 29.1 Å². The van der Waals surface area contributed by atoms with E-state index in [1.807, 2.05) is 13.2 Å². The van der Waals surface area contributed by atoms with Crippen molar-refractivity contribution in [1.82, 2.24) is 20.2 Å². The Morgan fingerprint density at radius 3 is 2.85 bits per heavy atom. The zero-order chi connectivity index (χ0) is 14.8. The Hall–Kier alpha value is -0.570. The quantitative estimate of drug-likeness (QED) is 0.728. The van der Waals surface area contributed by atoms with Crippen LogP contribution in [0.3, 0.4) is 0 Å². The van der Waals surface area contributed by atoms with Gasteiger partial charge in [-0.3, -0.25) is 5.10 Å². The van der Waals surface area contributed by atoms with E-state index in [1.54, 1.807) is 18.8 Å². The molecule has 0 amide bonds. The molecule has 0 bridgehead atoms. The van der Waals surface area contributed by atoms with Crippen molar-refractivity contribution in [3.05, 3.63) is 11.3 Å². The lowest BCUT2D eigenvalue weighted by molar-refractivity contribution is 0.549. The van der Waals surface area contributed by atoms with Crippen LogP contribution in [0.2, 0.25) is 0 Å². The summed E-state index contributed by atoms with van der Waals surface area (Å²) in [5.74, 6) is 0. The highest BCUT2D eigenvalue weighted by Crippen LogP contribution is 2.29. The molecule has 0 aliphatic heterocycles. The molecule has 1 fully saturated rings. The lowest BCUT2D eigenvalue weighted by Gasteiger charge is -2.18. The predicted octanol–water partition coefficient (Wildman–Crippen LogP) is 1.000. The van der Waals surface area contributed by atoms with E-state index in [1.165, 1.54) is 0 Å². The molecule has 0 aromatic carbocycles. The molecule has 3 N–H and O–H groups in total. The normalized spacial score (nSPS) is 23.4. The first-order valence-electron chi connectivity index (χ1n) is 6.73. The number of aromatic amines is 1. The summed E-state index contributed by atoms with van der Waals surface area (Å²) in [6.45, 7) is 2.31. The van der Waals surface area contributed by atoms with E-state index < -0.39 is 10.0 Å². The number of aryl methyl sites for hydroxylation is 1. The largest absolute Gasteiger partial charge is 0.316 e. The van der Waals surface area contributed by atoms with E-state index in [4.69, 9.17) is 0 Å². The Balaban J connectivity index is 2.22. The van der Waals surface area contributed by atoms with Gasteiger partial charge in [-0.05, 0) is 33.1 Å². The van der Waals surface area contributed by atoms with Crippen molar-refractivity contribution < 1.29 is 8.42 Å². The summed E-state index contributed by atoms with van der Waals surface area (Å²) in [6.07, 6.45) is 5.07. The molecule has 1 aliphatic carbocycles. The lowest BCUT2D eigenvalue weighted by Crippen LogP contribution is -2.39. The van der Waals surface area contributed by atoms with Crippen LogP contribution >= 0.6 is 11.8 Å². The zero-order valence-corrected chi connectivity index (χ0v) is 13.7. The number of hydrogen-bond donors (Lipinski definition) is 3. The number of rotatable bonds is 6. The number of sulfonamides is 1. The fourth-order valence-corrected chi connectivity index (χ4v) is 5.16. The topological polar surface area (TPSA) is 86.9 Å². The second-order valence-corrected chi connectivity index (χ2v) is 7.80. The van der Waals surface area contributed by atoms with Crippen molar-refractivity contribution >= 4 is 21.8 Å². The Morgan fingerprint density at radius 2 is 2.20 bits per heavy atom. The van der Waals surface area contributed by atoms with Crippen LogP contribution in [0.4, 0.5) is 0 Å². The molecule has 1 aromatic rings. The van der Waals surface area contributed by atoms with Crippen LogP contribution in [-0.4, -0.2) is 43.2 Å². The van der Waals surface area contributed by atoms with E-state index in [-0.39, 0.29) is 11.1 Å². The van der Waals surface area contributed by atoms with Crippen molar-refractivity contribution in [2.45, 2.75) is 49.0 Å². The average Bonchev–Trinajstić information content (AvgIpc) is 2.97. The maximum atomic E-state index is 12.5. The van der Waals surface area contributed by atoms with Crippen LogP contribution in [0, 0.1) is 6.92 Å². The van der Waals surface area contributed by atoms with Gasteiger partial charge < -0.3 is 5.32 Å². The number of aromatic nitrogens is 2. The van der Waals surface area contributed by atoms with Crippen LogP contribution in [0.1, 0.15) is 30.5 Å². The Kier molecular flexibility index (Phi) is 5.11. The van der Waals surface area contributed by atoms with E-state index >= 15 is 0 Å². The third-order valence-corrected chi connectivity index (χ3v) is 6.34. The van der Waals surface area contributed by atoms with Crippen LogP contribution < -0.4 is 10.0 Å². The molecule has 2 atom stereocenters. The maximum absolute atomic E-state index is 12.5. The molecular weight excluding hydrogens is 296 g/mol. The summed E-state index contributed by atoms with van der Waals surface area (Å²) in [6, 6.07) is 0.00874. The van der Waals surface area contributed by atoms with Crippen molar-refractivity contribution in [2.75, 3.05) is 13.3 Å². The summed E-state index contributed by atoms with van der Waals surface area (Å²) in [5.41, 5.74) is 1.49. The summed E-state index contributed by atoms with van der Waals surface area (Å²) in [4.78, 5) is 0. The summed E-state index contributed by atoms with van der Waals surface area (Å²) in [7, 11) is -1.78. The predicted molar refractivity (Wildman–Crippen MR) is 81.4 cm³/mol. The minimum absolute atomic E-state index is 0.00874. The molecule has 0 spiro atoms. The Bertz CT molecular complexity index is 556. The molecule has 2 rings (SSSR count). The fourth-order valence-electron chi connectivity index (χ4n) is 2.64. The number of hydrogen-bond acceptors (Lipinski definition) is 5. The van der Waals surface area contributed by atoms with E-state index in [0.29, 0.717) is 17.4 Å². The van der Waals surface area contributed by atoms with Gasteiger partial charge in [-0.2, -0.15) is 16.9 Å². The van der Waals surface area contributed by atoms with Gasteiger partial charge in [0.05, 0.1) is 0 Å². The SMILES string of the molecule is CNCc1c(S(=O)(=O)NC2CCCC2SC)n[nH]c1C. The van der Waals surface area contributed by atoms with Gasteiger partial charge in [-0.15, -0.1) is 0 Å². The first-order valence-corrected chi connectivity index (χ1v) is 9.50. The molecule has 114 valence electrons. The zero-order valence-electron chi connectivity index (χ0n) is 12.1. The van der Waals surface area contributed by atoms with Gasteiger partial charge in [0.25, 0.3) is 10.0 Å². The molecule has 0 radical (unpaired) electrons. The average molecular weight is 318 g/mol. The summed E-state index contributed by atoms with van der Waals surface area (Å²) < 4.78 is 27.9. The smallest absolute Gasteiger partial charge is 0.260 e. The second-order valence-electron chi connectivity index (χ2n) is 5.10. The molecular formula is C12H22N4O2S2. The molecule has 1 aliphatic rings. The van der Waals surface area contributed by atoms with Crippen molar-refractivity contribution in [1.29, 1.82) is 0 Å². The van der Waals surface area contributed by atoms with Gasteiger partial charge in [-0.1, -0.05) is 6.42 Å². The minimum atomic E-state index is -3.56. The van der Waals surface area contributed by atoms with Crippen LogP contribution in [0.5, 0.6) is 0 Å². The summed E-state index contributed by atoms with van der Waals surface area (Å²) in [5, 5.41) is 10.2. The number of nitrogens with one attached hydrogen (secondary N) is 3. The first-order chi connectivity index (χ1) is 9.49. The highest BCUT2D eigenvalue weighted by Gasteiger charge is 2.33. The molecule has 20 heavy (non-hydrogen) atoms. The van der Waals surface area contributed by atoms with E-state index in [0.717, 1.165) is 25.0 Å². The molecule has 2 unspecified atom stereocenters. The first kappa shape index (κ1) is 15.8. The molecule has 0 saturated heterocycles.